The standard InChI is InChI=1S/C13H16ClN5/c14-10-4-1-3-9(7-10)12-11(17-6-2-5-15)8-18-13(16)19-12/h1,3-4,7-8,17H,2,5-6,15H2,(H2,16,18,19). The summed E-state index contributed by atoms with van der Waals surface area (Å²) in [6.07, 6.45) is 2.55. The van der Waals surface area contributed by atoms with E-state index in [9.17, 15) is 0 Å². The molecule has 0 radical (unpaired) electrons. The molecule has 0 spiro atoms. The van der Waals surface area contributed by atoms with Crippen molar-refractivity contribution >= 4 is 23.2 Å². The molecule has 0 bridgehead atoms. The van der Waals surface area contributed by atoms with Gasteiger partial charge in [0.15, 0.2) is 0 Å². The average molecular weight is 278 g/mol. The fourth-order valence-electron chi connectivity index (χ4n) is 1.71. The van der Waals surface area contributed by atoms with Crippen LogP contribution < -0.4 is 16.8 Å². The summed E-state index contributed by atoms with van der Waals surface area (Å²) < 4.78 is 0. The first-order valence-electron chi connectivity index (χ1n) is 6.03. The molecule has 0 aliphatic heterocycles. The van der Waals surface area contributed by atoms with Crippen LogP contribution in [-0.2, 0) is 0 Å². The second-order valence-electron chi connectivity index (χ2n) is 4.07. The second-order valence-corrected chi connectivity index (χ2v) is 4.51. The van der Waals surface area contributed by atoms with E-state index in [4.69, 9.17) is 23.1 Å². The number of aromatic nitrogens is 2. The lowest BCUT2D eigenvalue weighted by Crippen LogP contribution is -2.10. The topological polar surface area (TPSA) is 89.8 Å². The summed E-state index contributed by atoms with van der Waals surface area (Å²) >= 11 is 6.00. The van der Waals surface area contributed by atoms with E-state index in [0.717, 1.165) is 29.9 Å². The second kappa shape index (κ2) is 6.36. The van der Waals surface area contributed by atoms with E-state index >= 15 is 0 Å². The quantitative estimate of drug-likeness (QED) is 0.729. The third kappa shape index (κ3) is 3.56. The van der Waals surface area contributed by atoms with E-state index in [2.05, 4.69) is 15.3 Å². The van der Waals surface area contributed by atoms with Crippen LogP contribution in [0.15, 0.2) is 30.5 Å². The van der Waals surface area contributed by atoms with E-state index in [-0.39, 0.29) is 5.95 Å². The van der Waals surface area contributed by atoms with Crippen molar-refractivity contribution < 1.29 is 0 Å². The van der Waals surface area contributed by atoms with Crippen LogP contribution in [0, 0.1) is 0 Å². The number of halogens is 1. The number of rotatable bonds is 5. The summed E-state index contributed by atoms with van der Waals surface area (Å²) in [5.41, 5.74) is 13.6. The summed E-state index contributed by atoms with van der Waals surface area (Å²) in [4.78, 5) is 8.28. The molecule has 0 amide bonds. The molecule has 2 rings (SSSR count). The third-order valence-corrected chi connectivity index (χ3v) is 2.84. The molecule has 100 valence electrons. The number of nitrogens with one attached hydrogen (secondary N) is 1. The molecule has 0 aliphatic carbocycles. The Kier molecular flexibility index (Phi) is 4.54. The molecule has 1 aromatic heterocycles. The minimum absolute atomic E-state index is 0.236. The number of nitrogen functional groups attached to an aromatic ring is 1. The lowest BCUT2D eigenvalue weighted by Gasteiger charge is -2.11. The Bertz CT molecular complexity index is 558. The Hall–Kier alpha value is -1.85. The maximum absolute atomic E-state index is 6.00. The van der Waals surface area contributed by atoms with E-state index in [0.29, 0.717) is 11.6 Å². The van der Waals surface area contributed by atoms with Crippen molar-refractivity contribution in [1.82, 2.24) is 9.97 Å². The van der Waals surface area contributed by atoms with E-state index in [1.807, 2.05) is 24.3 Å². The number of nitrogens with two attached hydrogens (primary N) is 2. The molecule has 0 saturated carbocycles. The third-order valence-electron chi connectivity index (χ3n) is 2.60. The van der Waals surface area contributed by atoms with E-state index < -0.39 is 0 Å². The maximum Gasteiger partial charge on any atom is 0.220 e. The van der Waals surface area contributed by atoms with Crippen molar-refractivity contribution in [2.24, 2.45) is 5.73 Å². The van der Waals surface area contributed by atoms with Crippen LogP contribution in [0.1, 0.15) is 6.42 Å². The van der Waals surface area contributed by atoms with Crippen molar-refractivity contribution in [1.29, 1.82) is 0 Å². The lowest BCUT2D eigenvalue weighted by molar-refractivity contribution is 0.873. The van der Waals surface area contributed by atoms with Crippen molar-refractivity contribution in [3.05, 3.63) is 35.5 Å². The van der Waals surface area contributed by atoms with Crippen LogP contribution in [-0.4, -0.2) is 23.1 Å². The van der Waals surface area contributed by atoms with Gasteiger partial charge in [-0.2, -0.15) is 0 Å². The van der Waals surface area contributed by atoms with Gasteiger partial charge in [0.2, 0.25) is 5.95 Å². The van der Waals surface area contributed by atoms with Gasteiger partial charge in [0, 0.05) is 17.1 Å². The summed E-state index contributed by atoms with van der Waals surface area (Å²) in [5.74, 6) is 0.236. The van der Waals surface area contributed by atoms with E-state index in [1.165, 1.54) is 0 Å². The first-order chi connectivity index (χ1) is 9.20. The van der Waals surface area contributed by atoms with Gasteiger partial charge in [-0.1, -0.05) is 23.7 Å². The summed E-state index contributed by atoms with van der Waals surface area (Å²) in [5, 5.41) is 3.91. The van der Waals surface area contributed by atoms with E-state index in [1.54, 1.807) is 6.20 Å². The molecule has 0 atom stereocenters. The molecule has 5 nitrogen and oxygen atoms in total. The Balaban J connectivity index is 2.34. The number of anilines is 2. The molecule has 1 aromatic carbocycles. The molecular weight excluding hydrogens is 262 g/mol. The molecule has 0 fully saturated rings. The molecule has 2 aromatic rings. The van der Waals surface area contributed by atoms with Gasteiger partial charge in [-0.05, 0) is 25.1 Å². The van der Waals surface area contributed by atoms with Crippen LogP contribution in [0.5, 0.6) is 0 Å². The summed E-state index contributed by atoms with van der Waals surface area (Å²) in [6.45, 7) is 1.40. The van der Waals surface area contributed by atoms with Gasteiger partial charge in [-0.15, -0.1) is 0 Å². The van der Waals surface area contributed by atoms with Gasteiger partial charge in [0.1, 0.15) is 0 Å². The molecule has 1 heterocycles. The largest absolute Gasteiger partial charge is 0.382 e. The lowest BCUT2D eigenvalue weighted by atomic mass is 10.1. The minimum Gasteiger partial charge on any atom is -0.382 e. The van der Waals surface area contributed by atoms with Gasteiger partial charge >= 0.3 is 0 Å². The highest BCUT2D eigenvalue weighted by Gasteiger charge is 2.08. The first-order valence-corrected chi connectivity index (χ1v) is 6.41. The Labute approximate surface area is 117 Å². The number of benzene rings is 1. The van der Waals surface area contributed by atoms with Crippen LogP contribution in [0.4, 0.5) is 11.6 Å². The van der Waals surface area contributed by atoms with Gasteiger partial charge < -0.3 is 16.8 Å². The fourth-order valence-corrected chi connectivity index (χ4v) is 1.90. The number of nitrogens with zero attached hydrogens (tertiary/aromatic N) is 2. The van der Waals surface area contributed by atoms with Crippen molar-refractivity contribution in [3.8, 4) is 11.3 Å². The Morgan fingerprint density at radius 1 is 1.32 bits per heavy atom. The minimum atomic E-state index is 0.236. The van der Waals surface area contributed by atoms with Crippen LogP contribution >= 0.6 is 11.6 Å². The van der Waals surface area contributed by atoms with Crippen LogP contribution in [0.25, 0.3) is 11.3 Å². The van der Waals surface area contributed by atoms with Crippen molar-refractivity contribution in [2.75, 3.05) is 24.1 Å². The Morgan fingerprint density at radius 3 is 2.89 bits per heavy atom. The molecule has 0 unspecified atom stereocenters. The summed E-state index contributed by atoms with van der Waals surface area (Å²) in [7, 11) is 0. The van der Waals surface area contributed by atoms with Gasteiger partial charge in [0.25, 0.3) is 0 Å². The zero-order valence-electron chi connectivity index (χ0n) is 10.4. The first kappa shape index (κ1) is 13.6. The highest BCUT2D eigenvalue weighted by atomic mass is 35.5. The highest BCUT2D eigenvalue weighted by molar-refractivity contribution is 6.30. The molecule has 0 aliphatic rings. The van der Waals surface area contributed by atoms with Crippen LogP contribution in [0.2, 0.25) is 5.02 Å². The normalized spacial score (nSPS) is 10.4. The molecular formula is C13H16ClN5. The number of hydrogen-bond donors (Lipinski definition) is 3. The van der Waals surface area contributed by atoms with Crippen LogP contribution in [0.3, 0.4) is 0 Å². The molecule has 6 heteroatoms. The smallest absolute Gasteiger partial charge is 0.220 e. The average Bonchev–Trinajstić information content (AvgIpc) is 2.40. The molecule has 19 heavy (non-hydrogen) atoms. The Morgan fingerprint density at radius 2 is 2.16 bits per heavy atom. The molecule has 5 N–H and O–H groups in total. The maximum atomic E-state index is 6.00. The zero-order chi connectivity index (χ0) is 13.7. The molecule has 0 saturated heterocycles. The predicted octanol–water partition coefficient (Wildman–Crippen LogP) is 2.14. The fraction of sp³-hybridized carbons (Fsp3) is 0.231. The summed E-state index contributed by atoms with van der Waals surface area (Å²) in [6, 6.07) is 7.47. The van der Waals surface area contributed by atoms with Gasteiger partial charge in [-0.3, -0.25) is 0 Å². The predicted molar refractivity (Wildman–Crippen MR) is 79.1 cm³/mol. The zero-order valence-corrected chi connectivity index (χ0v) is 11.2. The number of hydrogen-bond acceptors (Lipinski definition) is 5. The van der Waals surface area contributed by atoms with Gasteiger partial charge in [0.05, 0.1) is 17.6 Å². The monoisotopic (exact) mass is 277 g/mol. The SMILES string of the molecule is NCCCNc1cnc(N)nc1-c1cccc(Cl)c1. The van der Waals surface area contributed by atoms with Crippen molar-refractivity contribution in [3.63, 3.8) is 0 Å². The highest BCUT2D eigenvalue weighted by Crippen LogP contribution is 2.27. The van der Waals surface area contributed by atoms with Crippen molar-refractivity contribution in [2.45, 2.75) is 6.42 Å². The van der Waals surface area contributed by atoms with Gasteiger partial charge in [-0.25, -0.2) is 9.97 Å².